The number of ether oxygens (including phenoxy) is 1. The molecule has 0 saturated carbocycles. The van der Waals surface area contributed by atoms with E-state index < -0.39 is 0 Å². The van der Waals surface area contributed by atoms with Crippen molar-refractivity contribution in [3.05, 3.63) is 11.6 Å². The van der Waals surface area contributed by atoms with Gasteiger partial charge in [-0.3, -0.25) is 4.79 Å². The van der Waals surface area contributed by atoms with Gasteiger partial charge in [0.05, 0.1) is 0 Å². The van der Waals surface area contributed by atoms with Crippen LogP contribution in [0.2, 0.25) is 0 Å². The third-order valence-corrected chi connectivity index (χ3v) is 2.45. The fourth-order valence-corrected chi connectivity index (χ4v) is 1.59. The van der Waals surface area contributed by atoms with Crippen molar-refractivity contribution in [3.63, 3.8) is 0 Å². The second-order valence-electron chi connectivity index (χ2n) is 3.51. The van der Waals surface area contributed by atoms with Crippen LogP contribution in [0.3, 0.4) is 0 Å². The van der Waals surface area contributed by atoms with Gasteiger partial charge in [0.25, 0.3) is 0 Å². The molecule has 0 fully saturated rings. The number of hydrogen-bond acceptors (Lipinski definition) is 2. The molecule has 0 bridgehead atoms. The highest BCUT2D eigenvalue weighted by atomic mass is 16.5. The molecule has 2 heteroatoms. The molecule has 0 saturated heterocycles. The molecule has 13 heavy (non-hydrogen) atoms. The van der Waals surface area contributed by atoms with Crippen LogP contribution in [-0.4, -0.2) is 12.1 Å². The van der Waals surface area contributed by atoms with Crippen molar-refractivity contribution in [3.8, 4) is 0 Å². The van der Waals surface area contributed by atoms with E-state index in [9.17, 15) is 4.79 Å². The van der Waals surface area contributed by atoms with E-state index in [1.165, 1.54) is 18.4 Å². The molecule has 74 valence electrons. The Balaban J connectivity index is 2.41. The Morgan fingerprint density at radius 3 is 2.92 bits per heavy atom. The highest BCUT2D eigenvalue weighted by molar-refractivity contribution is 5.69. The number of carbonyl (C=O) groups excluding carboxylic acids is 1. The van der Waals surface area contributed by atoms with Crippen LogP contribution in [0.4, 0.5) is 0 Å². The average Bonchev–Trinajstić information content (AvgIpc) is 2.19. The molecule has 0 heterocycles. The fourth-order valence-electron chi connectivity index (χ4n) is 1.59. The Morgan fingerprint density at radius 1 is 1.62 bits per heavy atom. The second-order valence-corrected chi connectivity index (χ2v) is 3.51. The Bertz CT molecular complexity index is 206. The third-order valence-electron chi connectivity index (χ3n) is 2.45. The molecular formula is C11H18O2. The van der Waals surface area contributed by atoms with Gasteiger partial charge in [0.1, 0.15) is 6.10 Å². The van der Waals surface area contributed by atoms with Crippen molar-refractivity contribution in [2.24, 2.45) is 0 Å². The maximum atomic E-state index is 11.0. The maximum Gasteiger partial charge on any atom is 0.306 e. The van der Waals surface area contributed by atoms with Gasteiger partial charge in [-0.1, -0.05) is 13.0 Å². The van der Waals surface area contributed by atoms with E-state index in [2.05, 4.69) is 6.08 Å². The van der Waals surface area contributed by atoms with E-state index in [1.807, 2.05) is 13.8 Å². The van der Waals surface area contributed by atoms with E-state index in [0.717, 1.165) is 12.8 Å². The van der Waals surface area contributed by atoms with Crippen LogP contribution in [0.15, 0.2) is 11.6 Å². The molecule has 0 aromatic carbocycles. The summed E-state index contributed by atoms with van der Waals surface area (Å²) in [4.78, 5) is 11.0. The normalized spacial score (nSPS) is 19.1. The summed E-state index contributed by atoms with van der Waals surface area (Å²) in [7, 11) is 0. The zero-order valence-corrected chi connectivity index (χ0v) is 8.51. The minimum absolute atomic E-state index is 0.00671. The van der Waals surface area contributed by atoms with Crippen LogP contribution >= 0.6 is 0 Å². The first-order valence-corrected chi connectivity index (χ1v) is 5.12. The van der Waals surface area contributed by atoms with E-state index in [-0.39, 0.29) is 12.1 Å². The van der Waals surface area contributed by atoms with Gasteiger partial charge < -0.3 is 4.74 Å². The van der Waals surface area contributed by atoms with Crippen molar-refractivity contribution >= 4 is 5.97 Å². The van der Waals surface area contributed by atoms with E-state index in [1.54, 1.807) is 0 Å². The van der Waals surface area contributed by atoms with E-state index >= 15 is 0 Å². The molecule has 0 spiro atoms. The van der Waals surface area contributed by atoms with Crippen molar-refractivity contribution in [2.75, 3.05) is 0 Å². The van der Waals surface area contributed by atoms with E-state index in [4.69, 9.17) is 4.74 Å². The minimum Gasteiger partial charge on any atom is -0.458 e. The Labute approximate surface area is 80.0 Å². The van der Waals surface area contributed by atoms with Gasteiger partial charge in [-0.2, -0.15) is 0 Å². The van der Waals surface area contributed by atoms with Gasteiger partial charge in [-0.05, 0) is 38.2 Å². The highest BCUT2D eigenvalue weighted by Crippen LogP contribution is 2.21. The van der Waals surface area contributed by atoms with Crippen LogP contribution in [-0.2, 0) is 9.53 Å². The van der Waals surface area contributed by atoms with Gasteiger partial charge >= 0.3 is 5.97 Å². The molecule has 1 aliphatic rings. The summed E-state index contributed by atoms with van der Waals surface area (Å²) >= 11 is 0. The van der Waals surface area contributed by atoms with Crippen LogP contribution < -0.4 is 0 Å². The molecule has 1 unspecified atom stereocenters. The van der Waals surface area contributed by atoms with Gasteiger partial charge in [0.15, 0.2) is 0 Å². The summed E-state index contributed by atoms with van der Waals surface area (Å²) in [6, 6.07) is 0. The smallest absolute Gasteiger partial charge is 0.306 e. The summed E-state index contributed by atoms with van der Waals surface area (Å²) in [5.41, 5.74) is 1.30. The number of rotatable bonds is 3. The lowest BCUT2D eigenvalue weighted by Crippen LogP contribution is -2.17. The molecule has 0 amide bonds. The lowest BCUT2D eigenvalue weighted by atomic mass is 9.96. The summed E-state index contributed by atoms with van der Waals surface area (Å²) in [5.74, 6) is -0.0982. The van der Waals surface area contributed by atoms with Crippen LogP contribution in [0.25, 0.3) is 0 Å². The third kappa shape index (κ3) is 3.21. The zero-order valence-electron chi connectivity index (χ0n) is 8.51. The summed E-state index contributed by atoms with van der Waals surface area (Å²) in [6.07, 6.45) is 7.43. The van der Waals surface area contributed by atoms with Crippen LogP contribution in [0, 0.1) is 0 Å². The van der Waals surface area contributed by atoms with Crippen LogP contribution in [0.5, 0.6) is 0 Å². The molecular weight excluding hydrogens is 164 g/mol. The van der Waals surface area contributed by atoms with Gasteiger partial charge in [-0.15, -0.1) is 0 Å². The monoisotopic (exact) mass is 182 g/mol. The Kier molecular flexibility index (Phi) is 4.00. The first-order chi connectivity index (χ1) is 6.24. The minimum atomic E-state index is -0.0982. The number of allylic oxidation sites excluding steroid dienone is 1. The lowest BCUT2D eigenvalue weighted by molar-refractivity contribution is -0.146. The Morgan fingerprint density at radius 2 is 2.38 bits per heavy atom. The van der Waals surface area contributed by atoms with Gasteiger partial charge in [0, 0.05) is 6.42 Å². The van der Waals surface area contributed by atoms with Gasteiger partial charge in [0.2, 0.25) is 0 Å². The zero-order chi connectivity index (χ0) is 9.68. The molecule has 2 nitrogen and oxygen atoms in total. The lowest BCUT2D eigenvalue weighted by Gasteiger charge is -2.19. The highest BCUT2D eigenvalue weighted by Gasteiger charge is 2.14. The van der Waals surface area contributed by atoms with E-state index in [0.29, 0.717) is 6.42 Å². The average molecular weight is 182 g/mol. The van der Waals surface area contributed by atoms with Crippen molar-refractivity contribution in [1.82, 2.24) is 0 Å². The molecule has 0 aliphatic heterocycles. The van der Waals surface area contributed by atoms with Crippen molar-refractivity contribution in [1.29, 1.82) is 0 Å². The summed E-state index contributed by atoms with van der Waals surface area (Å²) < 4.78 is 5.23. The number of esters is 1. The maximum absolute atomic E-state index is 11.0. The molecule has 0 N–H and O–H groups in total. The first-order valence-electron chi connectivity index (χ1n) is 5.12. The standard InChI is InChI=1S/C11H18O2/c1-3-11(12)13-9(2)10-7-5-4-6-8-10/h7,9H,3-6,8H2,1-2H3. The second kappa shape index (κ2) is 5.05. The summed E-state index contributed by atoms with van der Waals surface area (Å²) in [6.45, 7) is 3.79. The molecule has 0 radical (unpaired) electrons. The Hall–Kier alpha value is -0.790. The van der Waals surface area contributed by atoms with Crippen molar-refractivity contribution in [2.45, 2.75) is 52.1 Å². The SMILES string of the molecule is CCC(=O)OC(C)C1=CCCCC1. The van der Waals surface area contributed by atoms with Crippen molar-refractivity contribution < 1.29 is 9.53 Å². The molecule has 1 aliphatic carbocycles. The largest absolute Gasteiger partial charge is 0.458 e. The fraction of sp³-hybridized carbons (Fsp3) is 0.727. The quantitative estimate of drug-likeness (QED) is 0.495. The topological polar surface area (TPSA) is 26.3 Å². The molecule has 1 atom stereocenters. The molecule has 1 rings (SSSR count). The van der Waals surface area contributed by atoms with Gasteiger partial charge in [-0.25, -0.2) is 0 Å². The first kappa shape index (κ1) is 10.3. The van der Waals surface area contributed by atoms with Crippen LogP contribution in [0.1, 0.15) is 46.0 Å². The predicted molar refractivity (Wildman–Crippen MR) is 52.4 cm³/mol. The number of carbonyl (C=O) groups is 1. The predicted octanol–water partition coefficient (Wildman–Crippen LogP) is 2.83. The number of hydrogen-bond donors (Lipinski definition) is 0. The molecule has 0 aromatic heterocycles. The molecule has 0 aromatic rings. The summed E-state index contributed by atoms with van der Waals surface area (Å²) in [5, 5.41) is 0.